The van der Waals surface area contributed by atoms with Gasteiger partial charge < -0.3 is 20.0 Å². The number of hydrogen-bond acceptors (Lipinski definition) is 6. The van der Waals surface area contributed by atoms with Gasteiger partial charge in [0.25, 0.3) is 15.9 Å². The Morgan fingerprint density at radius 1 is 0.886 bits per heavy atom. The van der Waals surface area contributed by atoms with Crippen LogP contribution in [0.25, 0.3) is 0 Å². The van der Waals surface area contributed by atoms with Crippen LogP contribution in [0.2, 0.25) is 0 Å². The van der Waals surface area contributed by atoms with Crippen molar-refractivity contribution in [2.45, 2.75) is 32.1 Å². The van der Waals surface area contributed by atoms with Crippen LogP contribution >= 0.6 is 0 Å². The van der Waals surface area contributed by atoms with Gasteiger partial charge in [-0.3, -0.25) is 9.52 Å². The van der Waals surface area contributed by atoms with Gasteiger partial charge in [-0.25, -0.2) is 8.42 Å². The summed E-state index contributed by atoms with van der Waals surface area (Å²) in [6.45, 7) is 12.0. The number of nitrogens with one attached hydrogen (secondary N) is 2. The highest BCUT2D eigenvalue weighted by molar-refractivity contribution is 7.92. The molecule has 9 heteroatoms. The van der Waals surface area contributed by atoms with E-state index in [2.05, 4.69) is 26.9 Å². The van der Waals surface area contributed by atoms with E-state index in [-0.39, 0.29) is 10.8 Å². The van der Waals surface area contributed by atoms with Crippen molar-refractivity contribution in [1.29, 1.82) is 0 Å². The molecular weight excluding hydrogens is 462 g/mol. The Morgan fingerprint density at radius 3 is 2.34 bits per heavy atom. The number of sulfonamides is 1. The molecule has 0 saturated carbocycles. The first kappa shape index (κ1) is 25.5. The van der Waals surface area contributed by atoms with Gasteiger partial charge in [-0.15, -0.1) is 0 Å². The van der Waals surface area contributed by atoms with Crippen molar-refractivity contribution in [3.63, 3.8) is 0 Å². The summed E-state index contributed by atoms with van der Waals surface area (Å²) in [5.41, 5.74) is 4.42. The Morgan fingerprint density at radius 2 is 1.60 bits per heavy atom. The van der Waals surface area contributed by atoms with Crippen LogP contribution in [0.1, 0.15) is 33.5 Å². The number of likely N-dealkylation sites (N-methyl/N-ethyl adjacent to an activating group) is 1. The van der Waals surface area contributed by atoms with E-state index in [1.807, 2.05) is 43.9 Å². The number of carbonyl (C=O) groups is 1. The van der Waals surface area contributed by atoms with Crippen LogP contribution in [0, 0.1) is 20.8 Å². The molecule has 0 aromatic heterocycles. The fraction of sp³-hybridized carbons (Fsp3) is 0.500. The van der Waals surface area contributed by atoms with Crippen molar-refractivity contribution in [2.75, 3.05) is 69.0 Å². The number of carbonyl (C=O) groups excluding carboxylic acids is 1. The van der Waals surface area contributed by atoms with Crippen LogP contribution in [-0.2, 0) is 10.0 Å². The van der Waals surface area contributed by atoms with Gasteiger partial charge in [0.1, 0.15) is 0 Å². The quantitative estimate of drug-likeness (QED) is 0.658. The molecule has 0 aliphatic carbocycles. The zero-order valence-corrected chi connectivity index (χ0v) is 22.0. The molecule has 35 heavy (non-hydrogen) atoms. The van der Waals surface area contributed by atoms with E-state index in [1.165, 1.54) is 0 Å². The van der Waals surface area contributed by atoms with E-state index >= 15 is 0 Å². The van der Waals surface area contributed by atoms with Gasteiger partial charge in [0, 0.05) is 51.4 Å². The van der Waals surface area contributed by atoms with Gasteiger partial charge in [-0.05, 0) is 81.7 Å². The summed E-state index contributed by atoms with van der Waals surface area (Å²) in [6.07, 6.45) is 0.923. The van der Waals surface area contributed by atoms with Crippen molar-refractivity contribution in [2.24, 2.45) is 0 Å². The second-order valence-corrected chi connectivity index (χ2v) is 11.4. The highest BCUT2D eigenvalue weighted by atomic mass is 32.2. The third-order valence-corrected chi connectivity index (χ3v) is 8.54. The van der Waals surface area contributed by atoms with E-state index in [9.17, 15) is 13.2 Å². The van der Waals surface area contributed by atoms with Crippen LogP contribution in [0.5, 0.6) is 0 Å². The fourth-order valence-corrected chi connectivity index (χ4v) is 6.17. The first-order valence-corrected chi connectivity index (χ1v) is 13.8. The Hall–Kier alpha value is -2.62. The van der Waals surface area contributed by atoms with Crippen molar-refractivity contribution in [1.82, 2.24) is 15.1 Å². The normalized spacial score (nSPS) is 17.8. The molecule has 0 atom stereocenters. The van der Waals surface area contributed by atoms with E-state index in [1.54, 1.807) is 12.1 Å². The molecule has 2 heterocycles. The van der Waals surface area contributed by atoms with Crippen LogP contribution in [0.4, 0.5) is 11.4 Å². The molecule has 0 unspecified atom stereocenters. The largest absolute Gasteiger partial charge is 0.367 e. The molecule has 190 valence electrons. The Bertz CT molecular complexity index is 1190. The van der Waals surface area contributed by atoms with Gasteiger partial charge in [0.15, 0.2) is 0 Å². The van der Waals surface area contributed by atoms with Gasteiger partial charge in [0.05, 0.1) is 16.3 Å². The fourth-order valence-electron chi connectivity index (χ4n) is 4.79. The maximum absolute atomic E-state index is 13.5. The lowest BCUT2D eigenvalue weighted by Crippen LogP contribution is -2.44. The molecule has 0 bridgehead atoms. The third kappa shape index (κ3) is 5.79. The SMILES string of the molecule is Cc1cc(C)c(S(=O)(=O)Nc2cc(C(=O)N3CCCN(C)CC3)ccc2N2CCNCC2)cc1C. The molecular formula is C26H37N5O3S. The van der Waals surface area contributed by atoms with E-state index in [4.69, 9.17) is 0 Å². The molecule has 0 radical (unpaired) electrons. The summed E-state index contributed by atoms with van der Waals surface area (Å²) >= 11 is 0. The molecule has 2 aliphatic heterocycles. The summed E-state index contributed by atoms with van der Waals surface area (Å²) in [4.78, 5) is 19.9. The lowest BCUT2D eigenvalue weighted by molar-refractivity contribution is 0.0763. The number of hydrogen-bond donors (Lipinski definition) is 2. The standard InChI is InChI=1S/C26H37N5O3S/c1-19-16-21(3)25(17-20(19)2)35(33,34)28-23-18-22(6-7-24(23)30-12-8-27-9-13-30)26(32)31-11-5-10-29(4)14-15-31/h6-7,16-18,27-28H,5,8-15H2,1-4H3. The molecule has 2 saturated heterocycles. The van der Waals surface area contributed by atoms with Crippen molar-refractivity contribution in [3.8, 4) is 0 Å². The van der Waals surface area contributed by atoms with Crippen LogP contribution < -0.4 is 14.9 Å². The van der Waals surface area contributed by atoms with Crippen LogP contribution in [0.3, 0.4) is 0 Å². The molecule has 1 amide bonds. The smallest absolute Gasteiger partial charge is 0.262 e. The lowest BCUT2D eigenvalue weighted by atomic mass is 10.1. The lowest BCUT2D eigenvalue weighted by Gasteiger charge is -2.31. The third-order valence-electron chi connectivity index (χ3n) is 7.03. The zero-order chi connectivity index (χ0) is 25.2. The predicted molar refractivity (Wildman–Crippen MR) is 141 cm³/mol. The zero-order valence-electron chi connectivity index (χ0n) is 21.2. The topological polar surface area (TPSA) is 85.0 Å². The summed E-state index contributed by atoms with van der Waals surface area (Å²) in [6, 6.07) is 9.04. The molecule has 2 fully saturated rings. The number of rotatable bonds is 5. The number of benzene rings is 2. The highest BCUT2D eigenvalue weighted by Crippen LogP contribution is 2.31. The maximum Gasteiger partial charge on any atom is 0.262 e. The molecule has 2 aliphatic rings. The van der Waals surface area contributed by atoms with Crippen molar-refractivity contribution >= 4 is 27.3 Å². The monoisotopic (exact) mass is 499 g/mol. The minimum absolute atomic E-state index is 0.0602. The number of piperazine rings is 1. The molecule has 0 spiro atoms. The first-order valence-electron chi connectivity index (χ1n) is 12.3. The minimum atomic E-state index is -3.85. The van der Waals surface area contributed by atoms with E-state index in [0.717, 1.165) is 62.5 Å². The maximum atomic E-state index is 13.5. The van der Waals surface area contributed by atoms with Crippen LogP contribution in [0.15, 0.2) is 35.2 Å². The van der Waals surface area contributed by atoms with Gasteiger partial charge in [-0.1, -0.05) is 6.07 Å². The number of nitrogens with zero attached hydrogens (tertiary/aromatic N) is 3. The first-order chi connectivity index (χ1) is 16.7. The molecule has 4 rings (SSSR count). The van der Waals surface area contributed by atoms with Gasteiger partial charge in [-0.2, -0.15) is 0 Å². The summed E-state index contributed by atoms with van der Waals surface area (Å²) in [5, 5.41) is 3.33. The van der Waals surface area contributed by atoms with Crippen molar-refractivity contribution < 1.29 is 13.2 Å². The average Bonchev–Trinajstić information content (AvgIpc) is 3.05. The van der Waals surface area contributed by atoms with E-state index < -0.39 is 10.0 Å². The Balaban J connectivity index is 1.70. The molecule has 2 aromatic carbocycles. The number of amides is 1. The summed E-state index contributed by atoms with van der Waals surface area (Å²) < 4.78 is 29.9. The second-order valence-electron chi connectivity index (χ2n) is 9.73. The molecule has 8 nitrogen and oxygen atoms in total. The van der Waals surface area contributed by atoms with Crippen LogP contribution in [-0.4, -0.2) is 83.5 Å². The summed E-state index contributed by atoms with van der Waals surface area (Å²) in [7, 11) is -1.78. The predicted octanol–water partition coefficient (Wildman–Crippen LogP) is 2.60. The second kappa shape index (κ2) is 10.6. The number of aryl methyl sites for hydroxylation is 3. The van der Waals surface area contributed by atoms with E-state index in [0.29, 0.717) is 29.9 Å². The van der Waals surface area contributed by atoms with Gasteiger partial charge in [0.2, 0.25) is 0 Å². The highest BCUT2D eigenvalue weighted by Gasteiger charge is 2.25. The average molecular weight is 500 g/mol. The number of anilines is 2. The Labute approximate surface area is 209 Å². The van der Waals surface area contributed by atoms with Gasteiger partial charge >= 0.3 is 0 Å². The Kier molecular flexibility index (Phi) is 7.68. The molecule has 2 N–H and O–H groups in total. The van der Waals surface area contributed by atoms with Crippen molar-refractivity contribution in [3.05, 3.63) is 52.6 Å². The summed E-state index contributed by atoms with van der Waals surface area (Å²) in [5.74, 6) is -0.0602. The molecule has 2 aromatic rings. The minimum Gasteiger partial charge on any atom is -0.367 e.